The van der Waals surface area contributed by atoms with Crippen LogP contribution in [0.5, 0.6) is 0 Å². The van der Waals surface area contributed by atoms with Crippen molar-refractivity contribution in [3.8, 4) is 0 Å². The van der Waals surface area contributed by atoms with Crippen molar-refractivity contribution in [3.63, 3.8) is 0 Å². The van der Waals surface area contributed by atoms with Crippen LogP contribution in [-0.4, -0.2) is 19.0 Å². The minimum Gasteiger partial charge on any atom is -0.349 e. The Balaban J connectivity index is 0.00000220. The molecular formula is C15H24Cl2N2OS. The largest absolute Gasteiger partial charge is 0.349 e. The van der Waals surface area contributed by atoms with Crippen LogP contribution >= 0.6 is 35.3 Å². The van der Waals surface area contributed by atoms with Crippen molar-refractivity contribution in [1.82, 2.24) is 10.6 Å². The van der Waals surface area contributed by atoms with Crippen LogP contribution in [0.25, 0.3) is 0 Å². The fourth-order valence-corrected chi connectivity index (χ4v) is 3.82. The molecule has 0 spiro atoms. The molecule has 120 valence electrons. The van der Waals surface area contributed by atoms with E-state index in [1.807, 2.05) is 19.1 Å². The average Bonchev–Trinajstić information content (AvgIpc) is 2.86. The Morgan fingerprint density at radius 1 is 1.52 bits per heavy atom. The number of nitrogens with one attached hydrogen (secondary N) is 2. The van der Waals surface area contributed by atoms with Crippen LogP contribution in [0.1, 0.15) is 44.0 Å². The fraction of sp³-hybridized carbons (Fsp3) is 0.667. The maximum Gasteiger partial charge on any atom is 0.220 e. The number of thiophene rings is 1. The van der Waals surface area contributed by atoms with Crippen LogP contribution in [0.15, 0.2) is 12.1 Å². The number of halogens is 2. The summed E-state index contributed by atoms with van der Waals surface area (Å²) >= 11 is 7.45. The molecule has 1 saturated heterocycles. The molecular weight excluding hydrogens is 327 g/mol. The van der Waals surface area contributed by atoms with Gasteiger partial charge in [-0.25, -0.2) is 0 Å². The second-order valence-corrected chi connectivity index (χ2v) is 7.47. The molecule has 6 heteroatoms. The molecule has 0 aliphatic carbocycles. The van der Waals surface area contributed by atoms with Gasteiger partial charge in [-0.1, -0.05) is 18.5 Å². The van der Waals surface area contributed by atoms with Crippen LogP contribution < -0.4 is 10.6 Å². The molecule has 0 aromatic carbocycles. The van der Waals surface area contributed by atoms with Gasteiger partial charge >= 0.3 is 0 Å². The van der Waals surface area contributed by atoms with Crippen LogP contribution in [0.3, 0.4) is 0 Å². The number of piperidine rings is 1. The number of rotatable bonds is 5. The first kappa shape index (κ1) is 18.8. The average molecular weight is 351 g/mol. The molecule has 1 aromatic heterocycles. The molecule has 1 aliphatic rings. The molecule has 0 radical (unpaired) electrons. The normalized spacial score (nSPS) is 21.2. The lowest BCUT2D eigenvalue weighted by Gasteiger charge is -2.28. The van der Waals surface area contributed by atoms with Gasteiger partial charge in [-0.2, -0.15) is 0 Å². The van der Waals surface area contributed by atoms with Gasteiger partial charge in [0.25, 0.3) is 0 Å². The maximum atomic E-state index is 12.1. The van der Waals surface area contributed by atoms with E-state index in [4.69, 9.17) is 11.6 Å². The highest BCUT2D eigenvalue weighted by Crippen LogP contribution is 2.27. The van der Waals surface area contributed by atoms with Crippen molar-refractivity contribution in [2.45, 2.75) is 39.2 Å². The van der Waals surface area contributed by atoms with Crippen LogP contribution in [0.2, 0.25) is 4.34 Å². The van der Waals surface area contributed by atoms with Crippen LogP contribution in [-0.2, 0) is 4.79 Å². The van der Waals surface area contributed by atoms with Crippen molar-refractivity contribution in [3.05, 3.63) is 21.3 Å². The van der Waals surface area contributed by atoms with Crippen molar-refractivity contribution in [2.75, 3.05) is 13.1 Å². The second-order valence-electron chi connectivity index (χ2n) is 5.72. The summed E-state index contributed by atoms with van der Waals surface area (Å²) in [4.78, 5) is 13.2. The molecule has 1 aromatic rings. The quantitative estimate of drug-likeness (QED) is 0.841. The smallest absolute Gasteiger partial charge is 0.220 e. The lowest BCUT2D eigenvalue weighted by Crippen LogP contribution is -2.36. The molecule has 3 unspecified atom stereocenters. The van der Waals surface area contributed by atoms with E-state index in [0.717, 1.165) is 22.3 Å². The molecule has 3 atom stereocenters. The highest BCUT2D eigenvalue weighted by molar-refractivity contribution is 7.16. The van der Waals surface area contributed by atoms with Gasteiger partial charge in [0.1, 0.15) is 0 Å². The van der Waals surface area contributed by atoms with Gasteiger partial charge in [0.2, 0.25) is 5.91 Å². The van der Waals surface area contributed by atoms with Gasteiger partial charge in [-0.05, 0) is 56.8 Å². The van der Waals surface area contributed by atoms with Gasteiger partial charge in [-0.15, -0.1) is 23.7 Å². The van der Waals surface area contributed by atoms with Gasteiger partial charge in [0.05, 0.1) is 10.4 Å². The summed E-state index contributed by atoms with van der Waals surface area (Å²) < 4.78 is 0.766. The predicted molar refractivity (Wildman–Crippen MR) is 92.5 cm³/mol. The molecule has 1 fully saturated rings. The zero-order chi connectivity index (χ0) is 14.5. The van der Waals surface area contributed by atoms with E-state index < -0.39 is 0 Å². The van der Waals surface area contributed by atoms with E-state index in [-0.39, 0.29) is 24.4 Å². The Kier molecular flexibility index (Phi) is 8.03. The summed E-state index contributed by atoms with van der Waals surface area (Å²) in [5.74, 6) is 1.20. The standard InChI is InChI=1S/C15H23ClN2OS.ClH/c1-10(12-4-3-7-17-9-12)8-15(19)18-11(2)13-5-6-14(16)20-13;/h5-6,10-12,17H,3-4,7-9H2,1-2H3,(H,18,19);1H. The van der Waals surface area contributed by atoms with E-state index in [1.54, 1.807) is 0 Å². The summed E-state index contributed by atoms with van der Waals surface area (Å²) in [5.41, 5.74) is 0. The van der Waals surface area contributed by atoms with Crippen molar-refractivity contribution in [2.24, 2.45) is 11.8 Å². The first-order valence-corrected chi connectivity index (χ1v) is 8.51. The SMILES string of the molecule is CC(NC(=O)CC(C)C1CCCNC1)c1ccc(Cl)s1.Cl. The molecule has 2 rings (SSSR count). The molecule has 2 N–H and O–H groups in total. The Bertz CT molecular complexity index is 447. The van der Waals surface area contributed by atoms with Gasteiger partial charge in [0.15, 0.2) is 0 Å². The van der Waals surface area contributed by atoms with E-state index >= 15 is 0 Å². The third kappa shape index (κ3) is 5.78. The second kappa shape index (κ2) is 8.99. The molecule has 1 amide bonds. The van der Waals surface area contributed by atoms with E-state index in [9.17, 15) is 4.79 Å². The Morgan fingerprint density at radius 2 is 2.29 bits per heavy atom. The fourth-order valence-electron chi connectivity index (χ4n) is 2.76. The molecule has 0 bridgehead atoms. The molecule has 1 aliphatic heterocycles. The maximum absolute atomic E-state index is 12.1. The number of amides is 1. The van der Waals surface area contributed by atoms with Crippen molar-refractivity contribution >= 4 is 41.3 Å². The first-order chi connectivity index (χ1) is 9.56. The van der Waals surface area contributed by atoms with Crippen LogP contribution in [0.4, 0.5) is 0 Å². The Labute approximate surface area is 142 Å². The van der Waals surface area contributed by atoms with E-state index in [1.165, 1.54) is 24.2 Å². The predicted octanol–water partition coefficient (Wildman–Crippen LogP) is 4.03. The lowest BCUT2D eigenvalue weighted by molar-refractivity contribution is -0.123. The zero-order valence-corrected chi connectivity index (χ0v) is 14.9. The molecule has 3 nitrogen and oxygen atoms in total. The third-order valence-corrected chi connectivity index (χ3v) is 5.46. The zero-order valence-electron chi connectivity index (χ0n) is 12.5. The number of hydrogen-bond donors (Lipinski definition) is 2. The number of hydrogen-bond acceptors (Lipinski definition) is 3. The van der Waals surface area contributed by atoms with Crippen LogP contribution in [0, 0.1) is 11.8 Å². The number of carbonyl (C=O) groups excluding carboxylic acids is 1. The molecule has 0 saturated carbocycles. The lowest BCUT2D eigenvalue weighted by atomic mass is 9.85. The van der Waals surface area contributed by atoms with E-state index in [2.05, 4.69) is 17.6 Å². The summed E-state index contributed by atoms with van der Waals surface area (Å²) in [6, 6.07) is 3.89. The minimum absolute atomic E-state index is 0. The first-order valence-electron chi connectivity index (χ1n) is 7.31. The third-order valence-electron chi connectivity index (χ3n) is 4.05. The van der Waals surface area contributed by atoms with Crippen molar-refractivity contribution < 1.29 is 4.79 Å². The molecule has 2 heterocycles. The van der Waals surface area contributed by atoms with Gasteiger partial charge < -0.3 is 10.6 Å². The summed E-state index contributed by atoms with van der Waals surface area (Å²) in [7, 11) is 0. The summed E-state index contributed by atoms with van der Waals surface area (Å²) in [5, 5.41) is 6.49. The topological polar surface area (TPSA) is 41.1 Å². The number of carbonyl (C=O) groups is 1. The Morgan fingerprint density at radius 3 is 2.86 bits per heavy atom. The van der Waals surface area contributed by atoms with Gasteiger partial charge in [0, 0.05) is 11.3 Å². The minimum atomic E-state index is 0. The highest BCUT2D eigenvalue weighted by Gasteiger charge is 2.22. The summed E-state index contributed by atoms with van der Waals surface area (Å²) in [6.07, 6.45) is 3.06. The monoisotopic (exact) mass is 350 g/mol. The van der Waals surface area contributed by atoms with Crippen molar-refractivity contribution in [1.29, 1.82) is 0 Å². The Hall–Kier alpha value is -0.290. The highest BCUT2D eigenvalue weighted by atomic mass is 35.5. The van der Waals surface area contributed by atoms with E-state index in [0.29, 0.717) is 18.3 Å². The summed E-state index contributed by atoms with van der Waals surface area (Å²) in [6.45, 7) is 6.35. The van der Waals surface area contributed by atoms with Gasteiger partial charge in [-0.3, -0.25) is 4.79 Å². The molecule has 21 heavy (non-hydrogen) atoms.